The van der Waals surface area contributed by atoms with Crippen LogP contribution in [0.25, 0.3) is 44.2 Å². The van der Waals surface area contributed by atoms with E-state index < -0.39 is 24.0 Å². The highest BCUT2D eigenvalue weighted by molar-refractivity contribution is 5.98. The quantitative estimate of drug-likeness (QED) is 0.232. The number of alkyl halides is 6. The lowest BCUT2D eigenvalue weighted by Crippen LogP contribution is -2.15. The first-order valence-corrected chi connectivity index (χ1v) is 10.8. The van der Waals surface area contributed by atoms with Crippen molar-refractivity contribution in [3.05, 3.63) is 96.6 Å². The lowest BCUT2D eigenvalue weighted by Gasteiger charge is -2.17. The average molecular weight is 496 g/mol. The second kappa shape index (κ2) is 7.58. The second-order valence-electron chi connectivity index (χ2n) is 8.16. The Morgan fingerprint density at radius 1 is 0.472 bits per heavy atom. The highest BCUT2D eigenvalue weighted by Gasteiger charge is 2.39. The molecule has 0 amide bonds. The van der Waals surface area contributed by atoms with Crippen LogP contribution in [0.2, 0.25) is 0 Å². The van der Waals surface area contributed by atoms with Gasteiger partial charge in [-0.1, -0.05) is 48.5 Å². The standard InChI is InChI=1S/C26H14F6N4/c27-25(28,29)23-33-17-9-1-3-11-21(17)35(23)19-13-5-8-16-15(19)7-6-14-20(16)36-22-12-4-2-10-18(22)34-24(36)26(30,31)32/h1-14H. The topological polar surface area (TPSA) is 35.6 Å². The van der Waals surface area contributed by atoms with E-state index in [0.29, 0.717) is 10.8 Å². The van der Waals surface area contributed by atoms with Gasteiger partial charge in [0.15, 0.2) is 0 Å². The van der Waals surface area contributed by atoms with Crippen LogP contribution in [0, 0.1) is 0 Å². The molecule has 4 aromatic carbocycles. The Kier molecular flexibility index (Phi) is 4.66. The Labute approximate surface area is 199 Å². The van der Waals surface area contributed by atoms with Gasteiger partial charge in [0, 0.05) is 10.8 Å². The molecule has 6 aromatic rings. The lowest BCUT2D eigenvalue weighted by atomic mass is 10.1. The second-order valence-corrected chi connectivity index (χ2v) is 8.16. The molecular weight excluding hydrogens is 482 g/mol. The van der Waals surface area contributed by atoms with Crippen LogP contribution in [-0.2, 0) is 12.4 Å². The van der Waals surface area contributed by atoms with Crippen LogP contribution in [0.5, 0.6) is 0 Å². The van der Waals surface area contributed by atoms with Gasteiger partial charge in [0.1, 0.15) is 0 Å². The Morgan fingerprint density at radius 2 is 0.861 bits per heavy atom. The molecule has 0 N–H and O–H groups in total. The number of rotatable bonds is 2. The number of fused-ring (bicyclic) bond motifs is 3. The van der Waals surface area contributed by atoms with E-state index in [2.05, 4.69) is 9.97 Å². The fraction of sp³-hybridized carbons (Fsp3) is 0.0769. The van der Waals surface area contributed by atoms with Gasteiger partial charge in [0.2, 0.25) is 11.6 Å². The van der Waals surface area contributed by atoms with Gasteiger partial charge in [-0.25, -0.2) is 9.97 Å². The number of hydrogen-bond acceptors (Lipinski definition) is 2. The molecule has 36 heavy (non-hydrogen) atoms. The lowest BCUT2D eigenvalue weighted by molar-refractivity contribution is -0.146. The smallest absolute Gasteiger partial charge is 0.288 e. The van der Waals surface area contributed by atoms with Crippen LogP contribution in [0.4, 0.5) is 26.3 Å². The van der Waals surface area contributed by atoms with E-state index in [1.54, 1.807) is 36.4 Å². The maximum atomic E-state index is 14.0. The minimum absolute atomic E-state index is 0.147. The van der Waals surface area contributed by atoms with E-state index in [4.69, 9.17) is 0 Å². The SMILES string of the molecule is FC(F)(F)c1nc2ccccc2n1-c1cccc2c(-n3c(C(F)(F)F)nc4ccccc43)cccc12. The molecule has 0 fully saturated rings. The maximum Gasteiger partial charge on any atom is 0.450 e. The normalized spacial score (nSPS) is 12.7. The summed E-state index contributed by atoms with van der Waals surface area (Å²) in [6, 6.07) is 21.5. The molecule has 2 aromatic heterocycles. The largest absolute Gasteiger partial charge is 0.450 e. The predicted molar refractivity (Wildman–Crippen MR) is 123 cm³/mol. The molecule has 0 saturated carbocycles. The summed E-state index contributed by atoms with van der Waals surface area (Å²) < 4.78 is 86.1. The van der Waals surface area contributed by atoms with Gasteiger partial charge in [0.05, 0.1) is 33.4 Å². The molecular formula is C26H14F6N4. The first-order chi connectivity index (χ1) is 17.1. The van der Waals surface area contributed by atoms with E-state index >= 15 is 0 Å². The van der Waals surface area contributed by atoms with Gasteiger partial charge >= 0.3 is 12.4 Å². The molecule has 0 unspecified atom stereocenters. The van der Waals surface area contributed by atoms with E-state index in [1.165, 1.54) is 48.5 Å². The third kappa shape index (κ3) is 3.32. The fourth-order valence-corrected chi connectivity index (χ4v) is 4.59. The molecule has 0 aliphatic rings. The number of hydrogen-bond donors (Lipinski definition) is 0. The number of nitrogens with zero attached hydrogens (tertiary/aromatic N) is 4. The minimum Gasteiger partial charge on any atom is -0.288 e. The van der Waals surface area contributed by atoms with Crippen molar-refractivity contribution in [3.8, 4) is 11.4 Å². The van der Waals surface area contributed by atoms with Crippen LogP contribution in [0.1, 0.15) is 11.6 Å². The molecule has 0 aliphatic heterocycles. The molecule has 0 bridgehead atoms. The molecule has 6 rings (SSSR count). The highest BCUT2D eigenvalue weighted by atomic mass is 19.4. The van der Waals surface area contributed by atoms with Crippen molar-refractivity contribution in [2.24, 2.45) is 0 Å². The summed E-state index contributed by atoms with van der Waals surface area (Å²) in [7, 11) is 0. The Bertz CT molecular complexity index is 1640. The number of aromatic nitrogens is 4. The predicted octanol–water partition coefficient (Wildman–Crippen LogP) is 7.56. The summed E-state index contributed by atoms with van der Waals surface area (Å²) in [5.74, 6) is -2.24. The zero-order chi connectivity index (χ0) is 25.2. The average Bonchev–Trinajstić information content (AvgIpc) is 3.43. The van der Waals surface area contributed by atoms with Gasteiger partial charge < -0.3 is 0 Å². The summed E-state index contributed by atoms with van der Waals surface area (Å²) in [4.78, 5) is 7.60. The van der Waals surface area contributed by atoms with Crippen molar-refractivity contribution in [1.29, 1.82) is 0 Å². The maximum absolute atomic E-state index is 14.0. The van der Waals surface area contributed by atoms with Crippen LogP contribution in [-0.4, -0.2) is 19.1 Å². The van der Waals surface area contributed by atoms with Crippen molar-refractivity contribution in [2.45, 2.75) is 12.4 Å². The Morgan fingerprint density at radius 3 is 1.25 bits per heavy atom. The highest BCUT2D eigenvalue weighted by Crippen LogP contribution is 2.39. The third-order valence-electron chi connectivity index (χ3n) is 5.99. The summed E-state index contributed by atoms with van der Waals surface area (Å²) in [6.07, 6.45) is -9.52. The number of para-hydroxylation sites is 4. The van der Waals surface area contributed by atoms with Gasteiger partial charge in [0.25, 0.3) is 0 Å². The van der Waals surface area contributed by atoms with E-state index in [0.717, 1.165) is 9.13 Å². The van der Waals surface area contributed by atoms with Crippen LogP contribution in [0.3, 0.4) is 0 Å². The molecule has 2 heterocycles. The fourth-order valence-electron chi connectivity index (χ4n) is 4.59. The number of imidazole rings is 2. The third-order valence-corrected chi connectivity index (χ3v) is 5.99. The first kappa shape index (κ1) is 22.1. The summed E-state index contributed by atoms with van der Waals surface area (Å²) in [5.41, 5.74) is 1.05. The first-order valence-electron chi connectivity index (χ1n) is 10.8. The zero-order valence-corrected chi connectivity index (χ0v) is 18.1. The molecule has 0 aliphatic carbocycles. The number of benzene rings is 4. The molecule has 10 heteroatoms. The van der Waals surface area contributed by atoms with E-state index in [9.17, 15) is 26.3 Å². The van der Waals surface area contributed by atoms with Crippen LogP contribution < -0.4 is 0 Å². The molecule has 0 spiro atoms. The van der Waals surface area contributed by atoms with Crippen molar-refractivity contribution < 1.29 is 26.3 Å². The van der Waals surface area contributed by atoms with Crippen molar-refractivity contribution in [1.82, 2.24) is 19.1 Å². The zero-order valence-electron chi connectivity index (χ0n) is 18.1. The summed E-state index contributed by atoms with van der Waals surface area (Å²) >= 11 is 0. The molecule has 0 radical (unpaired) electrons. The van der Waals surface area contributed by atoms with Gasteiger partial charge in [-0.2, -0.15) is 26.3 Å². The van der Waals surface area contributed by atoms with E-state index in [-0.39, 0.29) is 33.4 Å². The number of halogens is 6. The van der Waals surface area contributed by atoms with Gasteiger partial charge in [-0.3, -0.25) is 9.13 Å². The van der Waals surface area contributed by atoms with Crippen molar-refractivity contribution >= 4 is 32.8 Å². The summed E-state index contributed by atoms with van der Waals surface area (Å²) in [5, 5.41) is 0.657. The molecule has 4 nitrogen and oxygen atoms in total. The molecule has 0 saturated heterocycles. The van der Waals surface area contributed by atoms with E-state index in [1.807, 2.05) is 0 Å². The summed E-state index contributed by atoms with van der Waals surface area (Å²) in [6.45, 7) is 0. The van der Waals surface area contributed by atoms with Gasteiger partial charge in [-0.05, 0) is 36.4 Å². The van der Waals surface area contributed by atoms with Crippen LogP contribution in [0.15, 0.2) is 84.9 Å². The Balaban J connectivity index is 1.71. The van der Waals surface area contributed by atoms with Gasteiger partial charge in [-0.15, -0.1) is 0 Å². The van der Waals surface area contributed by atoms with Crippen LogP contribution >= 0.6 is 0 Å². The van der Waals surface area contributed by atoms with Crippen molar-refractivity contribution in [3.63, 3.8) is 0 Å². The molecule has 180 valence electrons. The monoisotopic (exact) mass is 496 g/mol. The molecule has 0 atom stereocenters. The Hall–Kier alpha value is -4.34. The minimum atomic E-state index is -4.76. The van der Waals surface area contributed by atoms with Crippen molar-refractivity contribution in [2.75, 3.05) is 0 Å².